The van der Waals surface area contributed by atoms with Gasteiger partial charge in [-0.3, -0.25) is 0 Å². The van der Waals surface area contributed by atoms with Crippen LogP contribution in [0.2, 0.25) is 0 Å². The van der Waals surface area contributed by atoms with E-state index in [9.17, 15) is 0 Å². The van der Waals surface area contributed by atoms with Gasteiger partial charge in [-0.05, 0) is 19.1 Å². The Morgan fingerprint density at radius 2 is 1.62 bits per heavy atom. The molecule has 0 aliphatic heterocycles. The molecule has 0 saturated carbocycles. The van der Waals surface area contributed by atoms with Crippen LogP contribution in [0.5, 0.6) is 0 Å². The van der Waals surface area contributed by atoms with E-state index in [4.69, 9.17) is 5.26 Å². The first kappa shape index (κ1) is 11.3. The lowest BCUT2D eigenvalue weighted by Gasteiger charge is -1.89. The third-order valence-corrected chi connectivity index (χ3v) is 1.31. The summed E-state index contributed by atoms with van der Waals surface area (Å²) >= 11 is 0. The molecule has 13 heavy (non-hydrogen) atoms. The van der Waals surface area contributed by atoms with E-state index in [-0.39, 0.29) is 0 Å². The maximum Gasteiger partial charge on any atom is 0.152 e. The molecule has 0 saturated heterocycles. The van der Waals surface area contributed by atoms with Gasteiger partial charge in [0.1, 0.15) is 0 Å². The number of hydrogen-bond acceptors (Lipinski definition) is 1. The zero-order valence-electron chi connectivity index (χ0n) is 8.26. The van der Waals surface area contributed by atoms with Gasteiger partial charge in [0.15, 0.2) is 6.07 Å². The van der Waals surface area contributed by atoms with Crippen molar-refractivity contribution in [1.29, 1.82) is 5.26 Å². The molecule has 0 aliphatic carbocycles. The fraction of sp³-hybridized carbons (Fsp3) is 0.250. The van der Waals surface area contributed by atoms with Crippen LogP contribution in [0.15, 0.2) is 24.3 Å². The highest BCUT2D eigenvalue weighted by Gasteiger charge is 1.84. The van der Waals surface area contributed by atoms with E-state index < -0.39 is 0 Å². The Bertz CT molecular complexity index is 330. The summed E-state index contributed by atoms with van der Waals surface area (Å²) in [6.45, 7) is 6.02. The van der Waals surface area contributed by atoms with Gasteiger partial charge < -0.3 is 0 Å². The van der Waals surface area contributed by atoms with Gasteiger partial charge >= 0.3 is 0 Å². The standard InChI is InChI=1S/C10H7N.C2H6/c1-9-4-6-10(7-5-9)3-2-8-11;1-2/h4-7H,1H3;1-2H3. The summed E-state index contributed by atoms with van der Waals surface area (Å²) in [5, 5.41) is 8.16. The summed E-state index contributed by atoms with van der Waals surface area (Å²) in [5.74, 6) is 5.05. The Morgan fingerprint density at radius 3 is 2.08 bits per heavy atom. The third-order valence-electron chi connectivity index (χ3n) is 1.31. The van der Waals surface area contributed by atoms with Crippen LogP contribution in [0, 0.1) is 30.1 Å². The van der Waals surface area contributed by atoms with Gasteiger partial charge in [0.05, 0.1) is 0 Å². The minimum absolute atomic E-state index is 0.886. The largest absolute Gasteiger partial charge is 0.183 e. The molecule has 66 valence electrons. The Balaban J connectivity index is 0.000000671. The van der Waals surface area contributed by atoms with E-state index in [1.165, 1.54) is 5.56 Å². The zero-order chi connectivity index (χ0) is 10.1. The second-order valence-electron chi connectivity index (χ2n) is 2.23. The first-order chi connectivity index (χ1) is 6.33. The summed E-state index contributed by atoms with van der Waals surface area (Å²) in [5.41, 5.74) is 2.09. The number of rotatable bonds is 0. The molecule has 0 unspecified atom stereocenters. The predicted molar refractivity (Wildman–Crippen MR) is 55.0 cm³/mol. The second-order valence-corrected chi connectivity index (χ2v) is 2.23. The van der Waals surface area contributed by atoms with Crippen molar-refractivity contribution in [3.63, 3.8) is 0 Å². The fourth-order valence-electron chi connectivity index (χ4n) is 0.737. The first-order valence-electron chi connectivity index (χ1n) is 4.29. The molecule has 1 aromatic rings. The van der Waals surface area contributed by atoms with Crippen molar-refractivity contribution in [3.8, 4) is 17.9 Å². The van der Waals surface area contributed by atoms with Crippen LogP contribution >= 0.6 is 0 Å². The summed E-state index contributed by atoms with van der Waals surface area (Å²) in [7, 11) is 0. The first-order valence-corrected chi connectivity index (χ1v) is 4.29. The highest BCUT2D eigenvalue weighted by atomic mass is 14.2. The zero-order valence-corrected chi connectivity index (χ0v) is 8.26. The van der Waals surface area contributed by atoms with Crippen molar-refractivity contribution < 1.29 is 0 Å². The maximum absolute atomic E-state index is 8.16. The van der Waals surface area contributed by atoms with Crippen LogP contribution in [0.1, 0.15) is 25.0 Å². The highest BCUT2D eigenvalue weighted by molar-refractivity contribution is 5.38. The van der Waals surface area contributed by atoms with E-state index >= 15 is 0 Å². The number of aryl methyl sites for hydroxylation is 1. The quantitative estimate of drug-likeness (QED) is 0.550. The normalized spacial score (nSPS) is 6.92. The molecule has 0 fully saturated rings. The molecule has 0 N–H and O–H groups in total. The van der Waals surface area contributed by atoms with Crippen LogP contribution in [-0.4, -0.2) is 0 Å². The molecule has 1 aromatic carbocycles. The number of hydrogen-bond donors (Lipinski definition) is 0. The van der Waals surface area contributed by atoms with Crippen molar-refractivity contribution in [1.82, 2.24) is 0 Å². The maximum atomic E-state index is 8.16. The summed E-state index contributed by atoms with van der Waals surface area (Å²) < 4.78 is 0. The molecule has 0 bridgehead atoms. The molecule has 0 aromatic heterocycles. The van der Waals surface area contributed by atoms with E-state index in [0.717, 1.165) is 5.56 Å². The van der Waals surface area contributed by atoms with Crippen molar-refractivity contribution in [3.05, 3.63) is 35.4 Å². The topological polar surface area (TPSA) is 23.8 Å². The van der Waals surface area contributed by atoms with Crippen LogP contribution in [-0.2, 0) is 0 Å². The Kier molecular flexibility index (Phi) is 6.02. The van der Waals surface area contributed by atoms with Crippen LogP contribution < -0.4 is 0 Å². The monoisotopic (exact) mass is 171 g/mol. The van der Waals surface area contributed by atoms with E-state index in [1.807, 2.05) is 45.0 Å². The van der Waals surface area contributed by atoms with Gasteiger partial charge in [-0.1, -0.05) is 37.5 Å². The van der Waals surface area contributed by atoms with Crippen molar-refractivity contribution in [2.24, 2.45) is 0 Å². The fourth-order valence-corrected chi connectivity index (χ4v) is 0.737. The molecule has 0 heterocycles. The smallest absolute Gasteiger partial charge is 0.152 e. The molecular weight excluding hydrogens is 158 g/mol. The summed E-state index contributed by atoms with van der Waals surface area (Å²) in [4.78, 5) is 0. The lowest BCUT2D eigenvalue weighted by Crippen LogP contribution is -1.73. The average Bonchev–Trinajstić information content (AvgIpc) is 2.20. The van der Waals surface area contributed by atoms with Gasteiger partial charge in [0.25, 0.3) is 0 Å². The van der Waals surface area contributed by atoms with Crippen molar-refractivity contribution in [2.45, 2.75) is 20.8 Å². The van der Waals surface area contributed by atoms with E-state index in [1.54, 1.807) is 6.07 Å². The lowest BCUT2D eigenvalue weighted by atomic mass is 10.2. The third kappa shape index (κ3) is 4.67. The molecule has 0 aliphatic rings. The number of nitrogens with zero attached hydrogens (tertiary/aromatic N) is 1. The Hall–Kier alpha value is -1.73. The van der Waals surface area contributed by atoms with Gasteiger partial charge in [0, 0.05) is 11.5 Å². The Morgan fingerprint density at radius 1 is 1.08 bits per heavy atom. The molecule has 1 rings (SSSR count). The SMILES string of the molecule is CC.Cc1ccc(C#CC#N)cc1. The van der Waals surface area contributed by atoms with Gasteiger partial charge in [-0.15, -0.1) is 0 Å². The van der Waals surface area contributed by atoms with Crippen molar-refractivity contribution in [2.75, 3.05) is 0 Å². The number of nitriles is 1. The lowest BCUT2D eigenvalue weighted by molar-refractivity contribution is 1.46. The van der Waals surface area contributed by atoms with Crippen molar-refractivity contribution >= 4 is 0 Å². The minimum atomic E-state index is 0.886. The van der Waals surface area contributed by atoms with Gasteiger partial charge in [-0.25, -0.2) is 0 Å². The van der Waals surface area contributed by atoms with E-state index in [2.05, 4.69) is 11.8 Å². The molecule has 1 heteroatoms. The number of benzene rings is 1. The predicted octanol–water partition coefficient (Wildman–Crippen LogP) is 2.90. The van der Waals surface area contributed by atoms with Gasteiger partial charge in [0.2, 0.25) is 0 Å². The molecule has 0 atom stereocenters. The van der Waals surface area contributed by atoms with Gasteiger partial charge in [-0.2, -0.15) is 5.26 Å². The second kappa shape index (κ2) is 6.95. The minimum Gasteiger partial charge on any atom is -0.183 e. The molecule has 0 radical (unpaired) electrons. The molecule has 1 nitrogen and oxygen atoms in total. The van der Waals surface area contributed by atoms with Crippen LogP contribution in [0.3, 0.4) is 0 Å². The average molecular weight is 171 g/mol. The molecule has 0 amide bonds. The summed E-state index contributed by atoms with van der Waals surface area (Å²) in [6, 6.07) is 9.52. The molecule has 0 spiro atoms. The summed E-state index contributed by atoms with van der Waals surface area (Å²) in [6.07, 6.45) is 0. The molecular formula is C12H13N. The van der Waals surface area contributed by atoms with Crippen LogP contribution in [0.25, 0.3) is 0 Å². The van der Waals surface area contributed by atoms with E-state index in [0.29, 0.717) is 0 Å². The highest BCUT2D eigenvalue weighted by Crippen LogP contribution is 2.00. The van der Waals surface area contributed by atoms with Crippen LogP contribution in [0.4, 0.5) is 0 Å². The Labute approximate surface area is 80.0 Å².